The third-order valence-corrected chi connectivity index (χ3v) is 5.73. The highest BCUT2D eigenvalue weighted by molar-refractivity contribution is 7.89. The molecular formula is C13H18N4O2S. The lowest BCUT2D eigenvalue weighted by Gasteiger charge is -2.38. The molecule has 2 heterocycles. The molecule has 0 radical (unpaired) electrons. The Hall–Kier alpha value is -1.49. The zero-order chi connectivity index (χ0) is 14.8. The van der Waals surface area contributed by atoms with Gasteiger partial charge in [0, 0.05) is 25.3 Å². The van der Waals surface area contributed by atoms with Gasteiger partial charge in [-0.3, -0.25) is 0 Å². The van der Waals surface area contributed by atoms with E-state index in [4.69, 9.17) is 11.0 Å². The molecule has 1 aliphatic rings. The van der Waals surface area contributed by atoms with Gasteiger partial charge in [-0.25, -0.2) is 13.4 Å². The van der Waals surface area contributed by atoms with Crippen LogP contribution < -0.4 is 5.73 Å². The van der Waals surface area contributed by atoms with Crippen molar-refractivity contribution in [3.05, 3.63) is 24.0 Å². The van der Waals surface area contributed by atoms with Gasteiger partial charge >= 0.3 is 0 Å². The minimum atomic E-state index is -3.73. The van der Waals surface area contributed by atoms with E-state index in [-0.39, 0.29) is 29.1 Å². The van der Waals surface area contributed by atoms with Gasteiger partial charge in [0.1, 0.15) is 11.0 Å². The van der Waals surface area contributed by atoms with Gasteiger partial charge in [0.25, 0.3) is 0 Å². The first-order valence-corrected chi connectivity index (χ1v) is 8.03. The van der Waals surface area contributed by atoms with Crippen molar-refractivity contribution in [2.45, 2.75) is 30.7 Å². The molecule has 0 aliphatic carbocycles. The molecule has 0 aromatic carbocycles. The Bertz CT molecular complexity index is 624. The Kier molecular flexibility index (Phi) is 4.38. The van der Waals surface area contributed by atoms with Crippen LogP contribution in [0.1, 0.15) is 25.5 Å². The zero-order valence-electron chi connectivity index (χ0n) is 11.4. The maximum atomic E-state index is 12.8. The molecule has 7 heteroatoms. The van der Waals surface area contributed by atoms with Crippen molar-refractivity contribution >= 4 is 10.0 Å². The van der Waals surface area contributed by atoms with Gasteiger partial charge < -0.3 is 5.73 Å². The molecule has 1 fully saturated rings. The second-order valence-electron chi connectivity index (χ2n) is 5.00. The van der Waals surface area contributed by atoms with Gasteiger partial charge in [-0.15, -0.1) is 0 Å². The molecular weight excluding hydrogens is 276 g/mol. The summed E-state index contributed by atoms with van der Waals surface area (Å²) >= 11 is 0. The van der Waals surface area contributed by atoms with Crippen LogP contribution >= 0.6 is 0 Å². The summed E-state index contributed by atoms with van der Waals surface area (Å²) in [6.45, 7) is 2.73. The average molecular weight is 294 g/mol. The number of hydrogen-bond donors (Lipinski definition) is 1. The Morgan fingerprint density at radius 3 is 3.00 bits per heavy atom. The molecule has 1 aromatic heterocycles. The van der Waals surface area contributed by atoms with E-state index in [0.717, 1.165) is 12.8 Å². The molecule has 2 atom stereocenters. The van der Waals surface area contributed by atoms with E-state index >= 15 is 0 Å². The maximum absolute atomic E-state index is 12.8. The van der Waals surface area contributed by atoms with Gasteiger partial charge in [-0.2, -0.15) is 9.57 Å². The van der Waals surface area contributed by atoms with Crippen LogP contribution in [0.2, 0.25) is 0 Å². The molecule has 0 saturated carbocycles. The summed E-state index contributed by atoms with van der Waals surface area (Å²) < 4.78 is 27.0. The van der Waals surface area contributed by atoms with Crippen molar-refractivity contribution < 1.29 is 8.42 Å². The molecule has 20 heavy (non-hydrogen) atoms. The highest BCUT2D eigenvalue weighted by Gasteiger charge is 2.37. The molecule has 2 N–H and O–H groups in total. The SMILES string of the molecule is CC1CCCN(S(=O)(=O)c2cccnc2C#N)C1CN. The summed E-state index contributed by atoms with van der Waals surface area (Å²) in [6.07, 6.45) is 3.18. The normalized spacial score (nSPS) is 24.2. The molecule has 2 rings (SSSR count). The largest absolute Gasteiger partial charge is 0.329 e. The van der Waals surface area contributed by atoms with Crippen LogP contribution in [0, 0.1) is 17.2 Å². The van der Waals surface area contributed by atoms with Crippen molar-refractivity contribution in [3.8, 4) is 6.07 Å². The lowest BCUT2D eigenvalue weighted by atomic mass is 9.93. The number of piperidine rings is 1. The summed E-state index contributed by atoms with van der Waals surface area (Å²) in [6, 6.07) is 4.57. The predicted octanol–water partition coefficient (Wildman–Crippen LogP) is 0.701. The second-order valence-corrected chi connectivity index (χ2v) is 6.86. The highest BCUT2D eigenvalue weighted by Crippen LogP contribution is 2.29. The molecule has 108 valence electrons. The van der Waals surface area contributed by atoms with Crippen LogP contribution in [0.25, 0.3) is 0 Å². The van der Waals surface area contributed by atoms with E-state index in [1.165, 1.54) is 22.6 Å². The van der Waals surface area contributed by atoms with Gasteiger partial charge in [0.05, 0.1) is 0 Å². The Balaban J connectivity index is 2.46. The van der Waals surface area contributed by atoms with Crippen molar-refractivity contribution in [2.75, 3.05) is 13.1 Å². The number of nitrogens with zero attached hydrogens (tertiary/aromatic N) is 3. The van der Waals surface area contributed by atoms with Gasteiger partial charge in [-0.1, -0.05) is 6.92 Å². The summed E-state index contributed by atoms with van der Waals surface area (Å²) in [5.74, 6) is 0.214. The van der Waals surface area contributed by atoms with E-state index in [0.29, 0.717) is 6.54 Å². The van der Waals surface area contributed by atoms with Gasteiger partial charge in [0.15, 0.2) is 5.69 Å². The van der Waals surface area contributed by atoms with Crippen LogP contribution in [0.15, 0.2) is 23.2 Å². The van der Waals surface area contributed by atoms with Crippen LogP contribution in [-0.4, -0.2) is 36.8 Å². The van der Waals surface area contributed by atoms with Crippen molar-refractivity contribution in [2.24, 2.45) is 11.7 Å². The molecule has 0 spiro atoms. The lowest BCUT2D eigenvalue weighted by molar-refractivity contribution is 0.192. The van der Waals surface area contributed by atoms with Gasteiger partial charge in [0.2, 0.25) is 10.0 Å². The summed E-state index contributed by atoms with van der Waals surface area (Å²) in [4.78, 5) is 3.80. The van der Waals surface area contributed by atoms with Crippen LogP contribution in [-0.2, 0) is 10.0 Å². The highest BCUT2D eigenvalue weighted by atomic mass is 32.2. The third kappa shape index (κ3) is 2.54. The Labute approximate surface area is 119 Å². The second kappa shape index (κ2) is 5.87. The van der Waals surface area contributed by atoms with Crippen LogP contribution in [0.5, 0.6) is 0 Å². The fraction of sp³-hybridized carbons (Fsp3) is 0.538. The van der Waals surface area contributed by atoms with E-state index < -0.39 is 10.0 Å². The number of aromatic nitrogens is 1. The average Bonchev–Trinajstić information content (AvgIpc) is 2.46. The number of nitriles is 1. The summed E-state index contributed by atoms with van der Waals surface area (Å²) in [7, 11) is -3.73. The topological polar surface area (TPSA) is 100 Å². The number of nitrogens with two attached hydrogens (primary N) is 1. The number of hydrogen-bond acceptors (Lipinski definition) is 5. The fourth-order valence-corrected chi connectivity index (χ4v) is 4.53. The maximum Gasteiger partial charge on any atom is 0.246 e. The molecule has 1 saturated heterocycles. The predicted molar refractivity (Wildman–Crippen MR) is 74.1 cm³/mol. The molecule has 6 nitrogen and oxygen atoms in total. The van der Waals surface area contributed by atoms with E-state index in [2.05, 4.69) is 4.98 Å². The lowest BCUT2D eigenvalue weighted by Crippen LogP contribution is -2.51. The molecule has 1 aromatic rings. The van der Waals surface area contributed by atoms with Crippen LogP contribution in [0.4, 0.5) is 0 Å². The first-order valence-electron chi connectivity index (χ1n) is 6.59. The molecule has 2 unspecified atom stereocenters. The zero-order valence-corrected chi connectivity index (χ0v) is 12.2. The Morgan fingerprint density at radius 2 is 2.35 bits per heavy atom. The minimum absolute atomic E-state index is 0.0324. The summed E-state index contributed by atoms with van der Waals surface area (Å²) in [5, 5.41) is 9.04. The number of sulfonamides is 1. The van der Waals surface area contributed by atoms with Crippen LogP contribution in [0.3, 0.4) is 0 Å². The quantitative estimate of drug-likeness (QED) is 0.884. The fourth-order valence-electron chi connectivity index (χ4n) is 2.67. The number of pyridine rings is 1. The molecule has 0 bridgehead atoms. The van der Waals surface area contributed by atoms with Gasteiger partial charge in [-0.05, 0) is 30.9 Å². The Morgan fingerprint density at radius 1 is 1.60 bits per heavy atom. The van der Waals surface area contributed by atoms with E-state index in [1.807, 2.05) is 13.0 Å². The molecule has 1 aliphatic heterocycles. The standard InChI is InChI=1S/C13H18N4O2S/c1-10-4-3-7-17(12(10)9-15)20(18,19)13-5-2-6-16-11(13)8-14/h2,5-6,10,12H,3-4,7,9,15H2,1H3. The minimum Gasteiger partial charge on any atom is -0.329 e. The summed E-state index contributed by atoms with van der Waals surface area (Å²) in [5.41, 5.74) is 5.67. The monoisotopic (exact) mass is 294 g/mol. The van der Waals surface area contributed by atoms with Crippen molar-refractivity contribution in [1.29, 1.82) is 5.26 Å². The van der Waals surface area contributed by atoms with Crippen molar-refractivity contribution in [1.82, 2.24) is 9.29 Å². The number of rotatable bonds is 3. The van der Waals surface area contributed by atoms with E-state index in [1.54, 1.807) is 0 Å². The first-order chi connectivity index (χ1) is 9.52. The smallest absolute Gasteiger partial charge is 0.246 e. The van der Waals surface area contributed by atoms with Crippen molar-refractivity contribution in [3.63, 3.8) is 0 Å². The third-order valence-electron chi connectivity index (χ3n) is 3.77. The first kappa shape index (κ1) is 14.9. The molecule has 0 amide bonds. The van der Waals surface area contributed by atoms with E-state index in [9.17, 15) is 8.42 Å².